The van der Waals surface area contributed by atoms with E-state index >= 15 is 0 Å². The number of para-hydroxylation sites is 1. The first kappa shape index (κ1) is 15.5. The molecule has 0 bridgehead atoms. The van der Waals surface area contributed by atoms with Crippen molar-refractivity contribution in [1.29, 1.82) is 0 Å². The lowest BCUT2D eigenvalue weighted by Crippen LogP contribution is -2.46. The molecule has 0 aliphatic carbocycles. The molecule has 6 nitrogen and oxygen atoms in total. The average molecular weight is 292 g/mol. The van der Waals surface area contributed by atoms with E-state index in [1.807, 2.05) is 24.3 Å². The van der Waals surface area contributed by atoms with E-state index in [9.17, 15) is 9.59 Å². The number of hydrogen-bond acceptors (Lipinski definition) is 4. The highest BCUT2D eigenvalue weighted by Crippen LogP contribution is 2.26. The van der Waals surface area contributed by atoms with Crippen molar-refractivity contribution in [3.8, 4) is 0 Å². The number of rotatable bonds is 5. The summed E-state index contributed by atoms with van der Waals surface area (Å²) < 4.78 is 5.03. The van der Waals surface area contributed by atoms with Crippen LogP contribution in [0, 0.1) is 0 Å². The van der Waals surface area contributed by atoms with Crippen molar-refractivity contribution in [2.24, 2.45) is 0 Å². The minimum Gasteiger partial charge on any atom is -0.394 e. The Bertz CT molecular complexity index is 504. The molecule has 6 heteroatoms. The summed E-state index contributed by atoms with van der Waals surface area (Å²) in [5.74, 6) is -1.16. The topological polar surface area (TPSA) is 78.9 Å². The molecule has 0 saturated carbocycles. The third kappa shape index (κ3) is 4.03. The second-order valence-electron chi connectivity index (χ2n) is 4.78. The summed E-state index contributed by atoms with van der Waals surface area (Å²) in [5, 5.41) is 11.1. The maximum Gasteiger partial charge on any atom is 0.316 e. The lowest BCUT2D eigenvalue weighted by molar-refractivity contribution is -0.137. The fourth-order valence-corrected chi connectivity index (χ4v) is 2.35. The molecule has 0 fully saturated rings. The Hall–Kier alpha value is -1.92. The third-order valence-electron chi connectivity index (χ3n) is 3.32. The summed E-state index contributed by atoms with van der Waals surface area (Å²) >= 11 is 0. The first-order valence-electron chi connectivity index (χ1n) is 7.10. The number of anilines is 1. The van der Waals surface area contributed by atoms with Gasteiger partial charge in [-0.05, 0) is 24.5 Å². The number of ether oxygens (including phenoxy) is 1. The van der Waals surface area contributed by atoms with Crippen LogP contribution in [0.3, 0.4) is 0 Å². The van der Waals surface area contributed by atoms with Crippen LogP contribution in [0.1, 0.15) is 12.0 Å². The van der Waals surface area contributed by atoms with E-state index in [0.717, 1.165) is 24.1 Å². The molecule has 0 unspecified atom stereocenters. The van der Waals surface area contributed by atoms with Gasteiger partial charge in [0, 0.05) is 18.8 Å². The molecule has 21 heavy (non-hydrogen) atoms. The molecule has 0 radical (unpaired) electrons. The first-order valence-corrected chi connectivity index (χ1v) is 7.10. The van der Waals surface area contributed by atoms with Crippen LogP contribution in [0.25, 0.3) is 0 Å². The van der Waals surface area contributed by atoms with Crippen LogP contribution in [-0.2, 0) is 20.7 Å². The molecule has 114 valence electrons. The Morgan fingerprint density at radius 3 is 2.90 bits per heavy atom. The van der Waals surface area contributed by atoms with Crippen molar-refractivity contribution < 1.29 is 19.4 Å². The van der Waals surface area contributed by atoms with Crippen molar-refractivity contribution in [1.82, 2.24) is 5.32 Å². The molecule has 2 amide bonds. The van der Waals surface area contributed by atoms with Crippen LogP contribution >= 0.6 is 0 Å². The number of aliphatic hydroxyl groups excluding tert-OH is 1. The van der Waals surface area contributed by atoms with Crippen molar-refractivity contribution in [3.63, 3.8) is 0 Å². The van der Waals surface area contributed by atoms with Gasteiger partial charge in [-0.15, -0.1) is 0 Å². The molecule has 0 aromatic heterocycles. The van der Waals surface area contributed by atoms with Gasteiger partial charge in [-0.25, -0.2) is 0 Å². The standard InChI is InChI=1S/C15H20N2O4/c18-9-11-21-10-7-16-14(19)15(20)17-8-3-5-12-4-1-2-6-13(12)17/h1-2,4,6,18H,3,5,7-11H2,(H,16,19). The average Bonchev–Trinajstić information content (AvgIpc) is 2.53. The first-order chi connectivity index (χ1) is 10.2. The predicted molar refractivity (Wildman–Crippen MR) is 78.0 cm³/mol. The van der Waals surface area contributed by atoms with Gasteiger partial charge in [0.25, 0.3) is 0 Å². The van der Waals surface area contributed by atoms with Crippen molar-refractivity contribution >= 4 is 17.5 Å². The van der Waals surface area contributed by atoms with Crippen LogP contribution in [0.4, 0.5) is 5.69 Å². The number of hydrogen-bond donors (Lipinski definition) is 2. The van der Waals surface area contributed by atoms with E-state index in [2.05, 4.69) is 5.32 Å². The highest BCUT2D eigenvalue weighted by Gasteiger charge is 2.26. The van der Waals surface area contributed by atoms with Crippen LogP contribution in [-0.4, -0.2) is 49.8 Å². The summed E-state index contributed by atoms with van der Waals surface area (Å²) in [7, 11) is 0. The maximum atomic E-state index is 12.2. The van der Waals surface area contributed by atoms with Gasteiger partial charge in [-0.3, -0.25) is 9.59 Å². The normalized spacial score (nSPS) is 13.7. The van der Waals surface area contributed by atoms with Crippen LogP contribution in [0.5, 0.6) is 0 Å². The third-order valence-corrected chi connectivity index (χ3v) is 3.32. The van der Waals surface area contributed by atoms with Gasteiger partial charge in [0.15, 0.2) is 0 Å². The molecule has 2 rings (SSSR count). The molecule has 1 heterocycles. The van der Waals surface area contributed by atoms with Gasteiger partial charge in [0.1, 0.15) is 0 Å². The van der Waals surface area contributed by atoms with E-state index in [1.165, 1.54) is 4.90 Å². The number of carbonyl (C=O) groups excluding carboxylic acids is 2. The zero-order valence-corrected chi connectivity index (χ0v) is 11.9. The quantitative estimate of drug-likeness (QED) is 0.595. The van der Waals surface area contributed by atoms with Crippen molar-refractivity contribution in [2.45, 2.75) is 12.8 Å². The Morgan fingerprint density at radius 2 is 2.10 bits per heavy atom. The molecular formula is C15H20N2O4. The van der Waals surface area contributed by atoms with Gasteiger partial charge in [0.05, 0.1) is 19.8 Å². The van der Waals surface area contributed by atoms with Crippen LogP contribution in [0.15, 0.2) is 24.3 Å². The Kier molecular flexibility index (Phi) is 5.71. The van der Waals surface area contributed by atoms with E-state index < -0.39 is 11.8 Å². The fourth-order valence-electron chi connectivity index (χ4n) is 2.35. The Labute approximate surface area is 123 Å². The number of fused-ring (bicyclic) bond motifs is 1. The van der Waals surface area contributed by atoms with Crippen molar-refractivity contribution in [3.05, 3.63) is 29.8 Å². The molecule has 0 saturated heterocycles. The predicted octanol–water partition coefficient (Wildman–Crippen LogP) is 0.0909. The summed E-state index contributed by atoms with van der Waals surface area (Å²) in [6.45, 7) is 1.25. The maximum absolute atomic E-state index is 12.2. The monoisotopic (exact) mass is 292 g/mol. The fraction of sp³-hybridized carbons (Fsp3) is 0.467. The summed E-state index contributed by atoms with van der Waals surface area (Å²) in [6.07, 6.45) is 1.78. The highest BCUT2D eigenvalue weighted by molar-refractivity contribution is 6.40. The number of aliphatic hydroxyl groups is 1. The van der Waals surface area contributed by atoms with E-state index in [4.69, 9.17) is 9.84 Å². The smallest absolute Gasteiger partial charge is 0.316 e. The minimum atomic E-state index is -0.626. The van der Waals surface area contributed by atoms with Gasteiger partial charge >= 0.3 is 11.8 Å². The Balaban J connectivity index is 1.90. The minimum absolute atomic E-state index is 0.0581. The SMILES string of the molecule is O=C(NCCOCCO)C(=O)N1CCCc2ccccc21. The zero-order chi connectivity index (χ0) is 15.1. The number of amides is 2. The van der Waals surface area contributed by atoms with E-state index in [-0.39, 0.29) is 26.4 Å². The summed E-state index contributed by atoms with van der Waals surface area (Å²) in [5.41, 5.74) is 1.91. The van der Waals surface area contributed by atoms with Crippen molar-refractivity contribution in [2.75, 3.05) is 37.8 Å². The Morgan fingerprint density at radius 1 is 1.29 bits per heavy atom. The van der Waals surface area contributed by atoms with Crippen LogP contribution < -0.4 is 10.2 Å². The van der Waals surface area contributed by atoms with Gasteiger partial charge in [-0.1, -0.05) is 18.2 Å². The largest absolute Gasteiger partial charge is 0.394 e. The molecule has 1 aromatic rings. The lowest BCUT2D eigenvalue weighted by atomic mass is 10.0. The number of benzene rings is 1. The van der Waals surface area contributed by atoms with Crippen LogP contribution in [0.2, 0.25) is 0 Å². The number of nitrogens with one attached hydrogen (secondary N) is 1. The molecule has 1 aliphatic heterocycles. The van der Waals surface area contributed by atoms with Gasteiger partial charge in [0.2, 0.25) is 0 Å². The molecular weight excluding hydrogens is 272 g/mol. The lowest BCUT2D eigenvalue weighted by Gasteiger charge is -2.28. The summed E-state index contributed by atoms with van der Waals surface area (Å²) in [6, 6.07) is 7.65. The number of aryl methyl sites for hydroxylation is 1. The zero-order valence-electron chi connectivity index (χ0n) is 11.9. The number of nitrogens with zero attached hydrogens (tertiary/aromatic N) is 1. The molecule has 1 aliphatic rings. The van der Waals surface area contributed by atoms with Gasteiger partial charge < -0.3 is 20.1 Å². The van der Waals surface area contributed by atoms with E-state index in [0.29, 0.717) is 6.54 Å². The van der Waals surface area contributed by atoms with Gasteiger partial charge in [-0.2, -0.15) is 0 Å². The highest BCUT2D eigenvalue weighted by atomic mass is 16.5. The van der Waals surface area contributed by atoms with E-state index in [1.54, 1.807) is 0 Å². The molecule has 1 aromatic carbocycles. The number of carbonyl (C=O) groups is 2. The summed E-state index contributed by atoms with van der Waals surface area (Å²) in [4.78, 5) is 25.6. The second-order valence-corrected chi connectivity index (χ2v) is 4.78. The molecule has 0 atom stereocenters. The molecule has 2 N–H and O–H groups in total. The molecule has 0 spiro atoms. The second kappa shape index (κ2) is 7.75.